The average molecular weight is 126 g/mol. The highest BCUT2D eigenvalue weighted by molar-refractivity contribution is 5.12. The van der Waals surface area contributed by atoms with Gasteiger partial charge in [-0.1, -0.05) is 4.85 Å². The van der Waals surface area contributed by atoms with Crippen LogP contribution in [0.2, 0.25) is 0 Å². The minimum atomic E-state index is 0.417. The van der Waals surface area contributed by atoms with Crippen molar-refractivity contribution in [3.63, 3.8) is 0 Å². The third-order valence-corrected chi connectivity index (χ3v) is 1.59. The molecule has 9 heavy (non-hydrogen) atoms. The Morgan fingerprint density at radius 1 is 1.44 bits per heavy atom. The van der Waals surface area contributed by atoms with Crippen LogP contribution in [0, 0.1) is 6.07 Å². The first-order valence-electron chi connectivity index (χ1n) is 3.04. The Kier molecular flexibility index (Phi) is 1.70. The molecule has 1 heterocycles. The SMILES string of the molecule is CN(C)N(C)C1C#[N+]C1. The van der Waals surface area contributed by atoms with Gasteiger partial charge in [0.2, 0.25) is 6.04 Å². The summed E-state index contributed by atoms with van der Waals surface area (Å²) in [6, 6.07) is 3.35. The summed E-state index contributed by atoms with van der Waals surface area (Å²) < 4.78 is 0. The molecule has 0 bridgehead atoms. The summed E-state index contributed by atoms with van der Waals surface area (Å²) in [6.07, 6.45) is 0. The van der Waals surface area contributed by atoms with Gasteiger partial charge in [-0.3, -0.25) is 0 Å². The summed E-state index contributed by atoms with van der Waals surface area (Å²) in [5.41, 5.74) is 0. The highest BCUT2D eigenvalue weighted by Gasteiger charge is 2.29. The molecule has 3 heteroatoms. The van der Waals surface area contributed by atoms with E-state index in [1.165, 1.54) is 0 Å². The van der Waals surface area contributed by atoms with Crippen molar-refractivity contribution in [2.45, 2.75) is 6.04 Å². The van der Waals surface area contributed by atoms with Crippen LogP contribution in [0.15, 0.2) is 0 Å². The quantitative estimate of drug-likeness (QED) is 0.486. The highest BCUT2D eigenvalue weighted by Crippen LogP contribution is 2.04. The van der Waals surface area contributed by atoms with Gasteiger partial charge in [0.1, 0.15) is 0 Å². The van der Waals surface area contributed by atoms with Crippen LogP contribution in [0.3, 0.4) is 0 Å². The smallest absolute Gasteiger partial charge is 0.247 e. The van der Waals surface area contributed by atoms with Crippen molar-refractivity contribution in [2.24, 2.45) is 0 Å². The van der Waals surface area contributed by atoms with Gasteiger partial charge >= 0.3 is 6.07 Å². The molecule has 1 aliphatic heterocycles. The van der Waals surface area contributed by atoms with Crippen molar-refractivity contribution >= 4 is 0 Å². The molecule has 0 N–H and O–H groups in total. The molecule has 1 aliphatic rings. The van der Waals surface area contributed by atoms with Gasteiger partial charge in [-0.15, -0.1) is 0 Å². The predicted molar refractivity (Wildman–Crippen MR) is 37.4 cm³/mol. The first-order chi connectivity index (χ1) is 4.22. The largest absolute Gasteiger partial charge is 0.301 e. The molecule has 50 valence electrons. The molecule has 1 unspecified atom stereocenters. The lowest BCUT2D eigenvalue weighted by Gasteiger charge is -2.25. The molecule has 0 aromatic rings. The average Bonchev–Trinajstić information content (AvgIpc) is 1.60. The van der Waals surface area contributed by atoms with E-state index < -0.39 is 0 Å². The molecule has 1 atom stereocenters. The monoisotopic (exact) mass is 126 g/mol. The van der Waals surface area contributed by atoms with Gasteiger partial charge in [0.05, 0.1) is 0 Å². The number of hydrazine groups is 1. The maximum Gasteiger partial charge on any atom is 0.301 e. The Morgan fingerprint density at radius 3 is 2.11 bits per heavy atom. The van der Waals surface area contributed by atoms with Gasteiger partial charge < -0.3 is 0 Å². The Morgan fingerprint density at radius 2 is 2.00 bits per heavy atom. The van der Waals surface area contributed by atoms with Crippen molar-refractivity contribution in [3.8, 4) is 6.07 Å². The third kappa shape index (κ3) is 1.21. The van der Waals surface area contributed by atoms with Crippen molar-refractivity contribution in [2.75, 3.05) is 27.7 Å². The molecule has 3 nitrogen and oxygen atoms in total. The normalized spacial score (nSPS) is 23.4. The fourth-order valence-corrected chi connectivity index (χ4v) is 0.653. The second-order valence-corrected chi connectivity index (χ2v) is 2.41. The van der Waals surface area contributed by atoms with E-state index in [4.69, 9.17) is 0 Å². The molecule has 0 radical (unpaired) electrons. The second-order valence-electron chi connectivity index (χ2n) is 2.41. The van der Waals surface area contributed by atoms with Gasteiger partial charge in [0, 0.05) is 21.1 Å². The molecule has 0 amide bonds. The molecule has 0 fully saturated rings. The van der Waals surface area contributed by atoms with Crippen LogP contribution < -0.4 is 0 Å². The molecule has 1 rings (SSSR count). The number of rotatable bonds is 2. The molecule has 0 saturated heterocycles. The minimum absolute atomic E-state index is 0.417. The van der Waals surface area contributed by atoms with E-state index >= 15 is 0 Å². The molecular formula is C6H12N3+. The molecule has 0 aromatic carbocycles. The second kappa shape index (κ2) is 2.34. The summed E-state index contributed by atoms with van der Waals surface area (Å²) >= 11 is 0. The Bertz CT molecular complexity index is 153. The van der Waals surface area contributed by atoms with Crippen LogP contribution in [0.25, 0.3) is 4.85 Å². The first-order valence-corrected chi connectivity index (χ1v) is 3.04. The van der Waals surface area contributed by atoms with Crippen molar-refractivity contribution in [1.29, 1.82) is 0 Å². The maximum absolute atomic E-state index is 3.88. The number of hydrogen-bond donors (Lipinski definition) is 0. The Balaban J connectivity index is 2.37. The number of nitrogens with zero attached hydrogens (tertiary/aromatic N) is 3. The maximum atomic E-state index is 3.88. The van der Waals surface area contributed by atoms with Gasteiger partial charge in [-0.25, -0.2) is 10.0 Å². The van der Waals surface area contributed by atoms with Crippen molar-refractivity contribution in [3.05, 3.63) is 4.85 Å². The molecule has 0 saturated carbocycles. The zero-order valence-electron chi connectivity index (χ0n) is 6.13. The summed E-state index contributed by atoms with van der Waals surface area (Å²) in [6.45, 7) is 0.898. The fourth-order valence-electron chi connectivity index (χ4n) is 0.653. The Labute approximate surface area is 55.7 Å². The van der Waals surface area contributed by atoms with E-state index in [-0.39, 0.29) is 0 Å². The van der Waals surface area contributed by atoms with Gasteiger partial charge in [0.25, 0.3) is 6.54 Å². The van der Waals surface area contributed by atoms with E-state index in [0.717, 1.165) is 6.54 Å². The van der Waals surface area contributed by atoms with Crippen LogP contribution in [0.5, 0.6) is 0 Å². The zero-order valence-corrected chi connectivity index (χ0v) is 6.13. The van der Waals surface area contributed by atoms with Crippen molar-refractivity contribution < 1.29 is 0 Å². The molecular weight excluding hydrogens is 114 g/mol. The summed E-state index contributed by atoms with van der Waals surface area (Å²) in [5, 5.41) is 4.14. The fraction of sp³-hybridized carbons (Fsp3) is 0.833. The van der Waals surface area contributed by atoms with Gasteiger partial charge in [0.15, 0.2) is 0 Å². The predicted octanol–water partition coefficient (Wildman–Crippen LogP) is 0.110. The van der Waals surface area contributed by atoms with E-state index in [0.29, 0.717) is 6.04 Å². The van der Waals surface area contributed by atoms with E-state index in [1.54, 1.807) is 0 Å². The van der Waals surface area contributed by atoms with Crippen molar-refractivity contribution in [1.82, 2.24) is 10.0 Å². The summed E-state index contributed by atoms with van der Waals surface area (Å²) in [7, 11) is 6.06. The summed E-state index contributed by atoms with van der Waals surface area (Å²) in [5.74, 6) is 0. The van der Waals surface area contributed by atoms with Crippen LogP contribution in [0.1, 0.15) is 0 Å². The molecule has 0 spiro atoms. The highest BCUT2D eigenvalue weighted by atomic mass is 15.6. The molecule has 0 aliphatic carbocycles. The first kappa shape index (κ1) is 6.53. The van der Waals surface area contributed by atoms with Gasteiger partial charge in [-0.05, 0) is 0 Å². The minimum Gasteiger partial charge on any atom is -0.247 e. The number of likely N-dealkylation sites (N-methyl/N-ethyl adjacent to an activating group) is 1. The van der Waals surface area contributed by atoms with E-state index in [9.17, 15) is 0 Å². The van der Waals surface area contributed by atoms with E-state index in [1.807, 2.05) is 26.2 Å². The summed E-state index contributed by atoms with van der Waals surface area (Å²) in [4.78, 5) is 3.88. The lowest BCUT2D eigenvalue weighted by atomic mass is 10.3. The third-order valence-electron chi connectivity index (χ3n) is 1.59. The van der Waals surface area contributed by atoms with Crippen LogP contribution in [-0.4, -0.2) is 43.7 Å². The van der Waals surface area contributed by atoms with Crippen LogP contribution in [-0.2, 0) is 0 Å². The van der Waals surface area contributed by atoms with Crippen LogP contribution in [0.4, 0.5) is 0 Å². The lowest BCUT2D eigenvalue weighted by Crippen LogP contribution is -2.44. The zero-order chi connectivity index (χ0) is 6.85. The Hall–Kier alpha value is -0.590. The topological polar surface area (TPSA) is 10.8 Å². The van der Waals surface area contributed by atoms with Crippen LogP contribution >= 0.6 is 0 Å². The van der Waals surface area contributed by atoms with E-state index in [2.05, 4.69) is 15.9 Å². The van der Waals surface area contributed by atoms with Gasteiger partial charge in [-0.2, -0.15) is 0 Å². The molecule has 0 aromatic heterocycles. The standard InChI is InChI=1S/C6H12N3/c1-8(2)9(3)6-4-7-5-6/h6H,4H2,1-3H3/q+1. The lowest BCUT2D eigenvalue weighted by molar-refractivity contribution is 0.0336. The number of hydrogen-bond acceptors (Lipinski definition) is 2.